The minimum atomic E-state index is -0.341. The molecule has 0 radical (unpaired) electrons. The topological polar surface area (TPSA) is 64.6 Å². The zero-order chi connectivity index (χ0) is 14.6. The van der Waals surface area contributed by atoms with Gasteiger partial charge >= 0.3 is 5.97 Å². The second kappa shape index (κ2) is 10.4. The van der Waals surface area contributed by atoms with Crippen LogP contribution in [0, 0.1) is 5.92 Å². The van der Waals surface area contributed by atoms with Crippen LogP contribution >= 0.6 is 0 Å². The number of methoxy groups -OCH3 is 1. The molecule has 1 aliphatic rings. The third kappa shape index (κ3) is 7.28. The van der Waals surface area contributed by atoms with E-state index in [0.717, 1.165) is 32.3 Å². The van der Waals surface area contributed by atoms with E-state index in [1.165, 1.54) is 7.11 Å². The van der Waals surface area contributed by atoms with Gasteiger partial charge in [-0.25, -0.2) is 0 Å². The molecule has 20 heavy (non-hydrogen) atoms. The van der Waals surface area contributed by atoms with Gasteiger partial charge in [-0.3, -0.25) is 9.59 Å². The first-order chi connectivity index (χ1) is 9.74. The number of nitrogens with one attached hydrogen (secondary N) is 1. The number of hydrogen-bond donors (Lipinski definition) is 1. The van der Waals surface area contributed by atoms with Gasteiger partial charge in [0.25, 0.3) is 0 Å². The van der Waals surface area contributed by atoms with Crippen LogP contribution in [0.1, 0.15) is 38.5 Å². The molecule has 5 heteroatoms. The minimum absolute atomic E-state index is 0.0931. The summed E-state index contributed by atoms with van der Waals surface area (Å²) >= 11 is 0. The van der Waals surface area contributed by atoms with Crippen LogP contribution in [-0.2, 0) is 19.1 Å². The van der Waals surface area contributed by atoms with Crippen LogP contribution in [0.2, 0.25) is 0 Å². The van der Waals surface area contributed by atoms with Crippen LogP contribution in [0.3, 0.4) is 0 Å². The summed E-state index contributed by atoms with van der Waals surface area (Å²) in [5.41, 5.74) is 0. The molecule has 1 unspecified atom stereocenters. The van der Waals surface area contributed by atoms with Crippen molar-refractivity contribution in [2.75, 3.05) is 26.9 Å². The average molecular weight is 283 g/mol. The Balaban J connectivity index is 2.52. The van der Waals surface area contributed by atoms with E-state index in [-0.39, 0.29) is 24.2 Å². The van der Waals surface area contributed by atoms with Gasteiger partial charge in [0.2, 0.25) is 5.91 Å². The molecule has 0 saturated carbocycles. The molecule has 0 aromatic carbocycles. The van der Waals surface area contributed by atoms with Gasteiger partial charge < -0.3 is 14.8 Å². The summed E-state index contributed by atoms with van der Waals surface area (Å²) < 4.78 is 10.1. The van der Waals surface area contributed by atoms with Gasteiger partial charge in [-0.1, -0.05) is 12.2 Å². The molecule has 1 atom stereocenters. The van der Waals surface area contributed by atoms with Gasteiger partial charge in [-0.2, -0.15) is 0 Å². The lowest BCUT2D eigenvalue weighted by molar-refractivity contribution is -0.144. The fourth-order valence-corrected chi connectivity index (χ4v) is 2.10. The first-order valence-electron chi connectivity index (χ1n) is 7.31. The molecule has 0 bridgehead atoms. The molecule has 0 saturated heterocycles. The summed E-state index contributed by atoms with van der Waals surface area (Å²) in [4.78, 5) is 23.4. The van der Waals surface area contributed by atoms with Crippen molar-refractivity contribution in [3.05, 3.63) is 12.2 Å². The number of carbonyl (C=O) groups excluding carboxylic acids is 2. The molecule has 1 aliphatic heterocycles. The Bertz CT molecular complexity index is 328. The lowest BCUT2D eigenvalue weighted by Crippen LogP contribution is -2.34. The van der Waals surface area contributed by atoms with E-state index in [9.17, 15) is 9.59 Å². The zero-order valence-electron chi connectivity index (χ0n) is 12.2. The number of allylic oxidation sites excluding steroid dienone is 2. The molecule has 1 N–H and O–H groups in total. The smallest absolute Gasteiger partial charge is 0.306 e. The monoisotopic (exact) mass is 283 g/mol. The third-order valence-corrected chi connectivity index (χ3v) is 3.32. The largest absolute Gasteiger partial charge is 0.469 e. The predicted molar refractivity (Wildman–Crippen MR) is 76.2 cm³/mol. The summed E-state index contributed by atoms with van der Waals surface area (Å²) in [5.74, 6) is -0.758. The van der Waals surface area contributed by atoms with Crippen molar-refractivity contribution >= 4 is 11.9 Å². The SMILES string of the molecule is COC(=O)CC1CC/C=C\CCCCOCCNC1=O. The highest BCUT2D eigenvalue weighted by Gasteiger charge is 2.21. The summed E-state index contributed by atoms with van der Waals surface area (Å²) in [6.07, 6.45) is 9.04. The highest BCUT2D eigenvalue weighted by Crippen LogP contribution is 2.14. The van der Waals surface area contributed by atoms with Crippen molar-refractivity contribution in [1.29, 1.82) is 0 Å². The van der Waals surface area contributed by atoms with Crippen molar-refractivity contribution in [2.45, 2.75) is 38.5 Å². The Morgan fingerprint density at radius 3 is 2.95 bits per heavy atom. The molecule has 1 rings (SSSR count). The lowest BCUT2D eigenvalue weighted by atomic mass is 9.98. The van der Waals surface area contributed by atoms with Crippen molar-refractivity contribution in [3.63, 3.8) is 0 Å². The number of rotatable bonds is 2. The summed E-state index contributed by atoms with van der Waals surface area (Å²) in [6, 6.07) is 0. The number of amides is 1. The van der Waals surface area contributed by atoms with Crippen LogP contribution in [0.5, 0.6) is 0 Å². The Labute approximate surface area is 120 Å². The standard InChI is InChI=1S/C15H25NO4/c1-19-14(17)12-13-8-6-4-2-3-5-7-10-20-11-9-16-15(13)18/h2,4,13H,3,5-12H2,1H3,(H,16,18)/b4-2-. The van der Waals surface area contributed by atoms with Gasteiger partial charge in [0.1, 0.15) is 0 Å². The second-order valence-electron chi connectivity index (χ2n) is 4.93. The summed E-state index contributed by atoms with van der Waals surface area (Å²) in [6.45, 7) is 1.74. The Morgan fingerprint density at radius 2 is 2.15 bits per heavy atom. The van der Waals surface area contributed by atoms with E-state index in [0.29, 0.717) is 19.6 Å². The number of esters is 1. The van der Waals surface area contributed by atoms with Crippen molar-refractivity contribution < 1.29 is 19.1 Å². The molecule has 0 aromatic heterocycles. The lowest BCUT2D eigenvalue weighted by Gasteiger charge is -2.15. The van der Waals surface area contributed by atoms with Gasteiger partial charge in [-0.15, -0.1) is 0 Å². The average Bonchev–Trinajstić information content (AvgIpc) is 2.45. The molecule has 0 fully saturated rings. The summed E-state index contributed by atoms with van der Waals surface area (Å²) in [5, 5.41) is 2.82. The van der Waals surface area contributed by atoms with E-state index >= 15 is 0 Å². The predicted octanol–water partition coefficient (Wildman–Crippen LogP) is 1.82. The number of hydrogen-bond acceptors (Lipinski definition) is 4. The molecule has 0 aliphatic carbocycles. The van der Waals surface area contributed by atoms with Crippen LogP contribution in [0.4, 0.5) is 0 Å². The molecular weight excluding hydrogens is 258 g/mol. The maximum absolute atomic E-state index is 12.0. The fraction of sp³-hybridized carbons (Fsp3) is 0.733. The quantitative estimate of drug-likeness (QED) is 0.620. The number of ether oxygens (including phenoxy) is 2. The van der Waals surface area contributed by atoms with Gasteiger partial charge in [-0.05, 0) is 32.1 Å². The van der Waals surface area contributed by atoms with Gasteiger partial charge in [0.15, 0.2) is 0 Å². The van der Waals surface area contributed by atoms with Crippen LogP contribution < -0.4 is 5.32 Å². The van der Waals surface area contributed by atoms with Crippen molar-refractivity contribution in [1.82, 2.24) is 5.32 Å². The molecule has 1 amide bonds. The van der Waals surface area contributed by atoms with Gasteiger partial charge in [0, 0.05) is 19.1 Å². The normalized spacial score (nSPS) is 24.2. The molecule has 1 heterocycles. The van der Waals surface area contributed by atoms with Crippen LogP contribution in [-0.4, -0.2) is 38.7 Å². The van der Waals surface area contributed by atoms with Crippen molar-refractivity contribution in [2.24, 2.45) is 5.92 Å². The molecular formula is C15H25NO4. The number of carbonyl (C=O) groups is 2. The highest BCUT2D eigenvalue weighted by atomic mass is 16.5. The van der Waals surface area contributed by atoms with Crippen LogP contribution in [0.15, 0.2) is 12.2 Å². The Kier molecular flexibility index (Phi) is 8.71. The van der Waals surface area contributed by atoms with E-state index in [1.54, 1.807) is 0 Å². The summed E-state index contributed by atoms with van der Waals surface area (Å²) in [7, 11) is 1.34. The zero-order valence-corrected chi connectivity index (χ0v) is 12.2. The maximum atomic E-state index is 12.0. The van der Waals surface area contributed by atoms with Crippen LogP contribution in [0.25, 0.3) is 0 Å². The van der Waals surface area contributed by atoms with Crippen molar-refractivity contribution in [3.8, 4) is 0 Å². The van der Waals surface area contributed by atoms with E-state index < -0.39 is 0 Å². The Morgan fingerprint density at radius 1 is 1.35 bits per heavy atom. The molecule has 114 valence electrons. The maximum Gasteiger partial charge on any atom is 0.306 e. The minimum Gasteiger partial charge on any atom is -0.469 e. The Hall–Kier alpha value is -1.36. The third-order valence-electron chi connectivity index (χ3n) is 3.32. The molecule has 0 aromatic rings. The first kappa shape index (κ1) is 16.7. The van der Waals surface area contributed by atoms with E-state index in [1.807, 2.05) is 0 Å². The van der Waals surface area contributed by atoms with E-state index in [4.69, 9.17) is 4.74 Å². The second-order valence-corrected chi connectivity index (χ2v) is 4.93. The fourth-order valence-electron chi connectivity index (χ4n) is 2.10. The molecule has 5 nitrogen and oxygen atoms in total. The van der Waals surface area contributed by atoms with Gasteiger partial charge in [0.05, 0.1) is 20.1 Å². The molecule has 0 spiro atoms. The van der Waals surface area contributed by atoms with E-state index in [2.05, 4.69) is 22.2 Å². The first-order valence-corrected chi connectivity index (χ1v) is 7.31. The highest BCUT2D eigenvalue weighted by molar-refractivity contribution is 5.83.